The second-order valence-corrected chi connectivity index (χ2v) is 9.39. The monoisotopic (exact) mass is 472 g/mol. The van der Waals surface area contributed by atoms with Crippen molar-refractivity contribution in [2.45, 2.75) is 43.5 Å². The van der Waals surface area contributed by atoms with Crippen molar-refractivity contribution in [1.82, 2.24) is 9.29 Å². The minimum absolute atomic E-state index is 0.0635. The molecule has 3 rings (SSSR count). The molecule has 174 valence electrons. The summed E-state index contributed by atoms with van der Waals surface area (Å²) in [6.07, 6.45) is -2.40. The van der Waals surface area contributed by atoms with Gasteiger partial charge in [-0.25, -0.2) is 8.42 Å². The van der Waals surface area contributed by atoms with E-state index in [2.05, 4.69) is 9.72 Å². The first kappa shape index (κ1) is 24.1. The summed E-state index contributed by atoms with van der Waals surface area (Å²) in [7, 11) is -3.85. The Hall–Kier alpha value is -2.50. The molecule has 0 aliphatic carbocycles. The van der Waals surface area contributed by atoms with Crippen molar-refractivity contribution in [3.05, 3.63) is 53.9 Å². The molecule has 7 nitrogen and oxygen atoms in total. The lowest BCUT2D eigenvalue weighted by molar-refractivity contribution is -0.274. The van der Waals surface area contributed by atoms with Gasteiger partial charge in [0.2, 0.25) is 10.0 Å². The number of ketones is 1. The van der Waals surface area contributed by atoms with Gasteiger partial charge < -0.3 is 9.47 Å². The van der Waals surface area contributed by atoms with Crippen LogP contribution in [0.3, 0.4) is 0 Å². The number of halogens is 3. The predicted octanol–water partition coefficient (Wildman–Crippen LogP) is 3.27. The third-order valence-electron chi connectivity index (χ3n) is 4.95. The maximum atomic E-state index is 12.7. The molecule has 1 saturated heterocycles. The van der Waals surface area contributed by atoms with E-state index in [1.165, 1.54) is 4.31 Å². The molecule has 1 aromatic heterocycles. The van der Waals surface area contributed by atoms with Gasteiger partial charge in [-0.2, -0.15) is 4.31 Å². The van der Waals surface area contributed by atoms with E-state index in [-0.39, 0.29) is 42.9 Å². The standard InChI is InChI=1S/C21H23F3N2O5S/c1-15-2-3-16(13-25-15)12-17(27)14-30-18-8-10-26(11-9-18)32(28,29)20-6-4-19(5-7-20)31-21(22,23)24/h2-7,13,18H,8-12,14H2,1H3. The molecule has 1 aliphatic rings. The summed E-state index contributed by atoms with van der Waals surface area (Å²) < 4.78 is 72.9. The van der Waals surface area contributed by atoms with Crippen LogP contribution in [0.15, 0.2) is 47.5 Å². The zero-order valence-corrected chi connectivity index (χ0v) is 18.2. The van der Waals surface area contributed by atoms with Crippen LogP contribution in [0.25, 0.3) is 0 Å². The Labute approximate surface area is 184 Å². The molecule has 0 spiro atoms. The molecule has 11 heteroatoms. The van der Waals surface area contributed by atoms with Crippen molar-refractivity contribution in [1.29, 1.82) is 0 Å². The lowest BCUT2D eigenvalue weighted by atomic mass is 10.1. The number of hydrogen-bond acceptors (Lipinski definition) is 6. The SMILES string of the molecule is Cc1ccc(CC(=O)COC2CCN(S(=O)(=O)c3ccc(OC(F)(F)F)cc3)CC2)cn1. The molecule has 0 atom stereocenters. The Morgan fingerprint density at radius 3 is 2.34 bits per heavy atom. The first-order valence-electron chi connectivity index (χ1n) is 9.94. The minimum atomic E-state index is -4.85. The quantitative estimate of drug-likeness (QED) is 0.586. The number of piperidine rings is 1. The van der Waals surface area contributed by atoms with Gasteiger partial charge in [0.1, 0.15) is 12.4 Å². The Bertz CT molecular complexity index is 1020. The van der Waals surface area contributed by atoms with Gasteiger partial charge in [0, 0.05) is 31.4 Å². The van der Waals surface area contributed by atoms with Gasteiger partial charge in [-0.05, 0) is 55.7 Å². The average molecular weight is 472 g/mol. The number of sulfonamides is 1. The number of rotatable bonds is 8. The van der Waals surface area contributed by atoms with Crippen LogP contribution in [0.1, 0.15) is 24.1 Å². The molecule has 0 amide bonds. The molecule has 1 aromatic carbocycles. The number of aromatic nitrogens is 1. The highest BCUT2D eigenvalue weighted by molar-refractivity contribution is 7.89. The Morgan fingerprint density at radius 2 is 1.78 bits per heavy atom. The van der Waals surface area contributed by atoms with E-state index in [0.717, 1.165) is 35.5 Å². The van der Waals surface area contributed by atoms with Crippen LogP contribution in [-0.4, -0.2) is 55.7 Å². The van der Waals surface area contributed by atoms with Crippen molar-refractivity contribution < 1.29 is 35.9 Å². The van der Waals surface area contributed by atoms with Crippen LogP contribution in [-0.2, 0) is 26.0 Å². The van der Waals surface area contributed by atoms with E-state index >= 15 is 0 Å². The molecule has 1 fully saturated rings. The van der Waals surface area contributed by atoms with Crippen molar-refractivity contribution in [3.8, 4) is 5.75 Å². The number of benzene rings is 1. The zero-order chi connectivity index (χ0) is 23.4. The Morgan fingerprint density at radius 1 is 1.12 bits per heavy atom. The van der Waals surface area contributed by atoms with Gasteiger partial charge in [-0.1, -0.05) is 6.07 Å². The fraction of sp³-hybridized carbons (Fsp3) is 0.429. The zero-order valence-electron chi connectivity index (χ0n) is 17.3. The third-order valence-corrected chi connectivity index (χ3v) is 6.86. The van der Waals surface area contributed by atoms with Crippen LogP contribution in [0.2, 0.25) is 0 Å². The molecule has 2 aromatic rings. The number of pyridine rings is 1. The van der Waals surface area contributed by atoms with Crippen LogP contribution >= 0.6 is 0 Å². The molecule has 2 heterocycles. The van der Waals surface area contributed by atoms with Gasteiger partial charge in [-0.15, -0.1) is 13.2 Å². The molecule has 0 radical (unpaired) electrons. The topological polar surface area (TPSA) is 85.8 Å². The van der Waals surface area contributed by atoms with Gasteiger partial charge in [-0.3, -0.25) is 9.78 Å². The van der Waals surface area contributed by atoms with Crippen molar-refractivity contribution in [2.75, 3.05) is 19.7 Å². The molecule has 0 N–H and O–H groups in total. The van der Waals surface area contributed by atoms with Gasteiger partial charge in [0.15, 0.2) is 5.78 Å². The normalized spacial score (nSPS) is 16.1. The van der Waals surface area contributed by atoms with Crippen LogP contribution in [0.4, 0.5) is 13.2 Å². The summed E-state index contributed by atoms with van der Waals surface area (Å²) in [5, 5.41) is 0. The molecule has 32 heavy (non-hydrogen) atoms. The number of hydrogen-bond donors (Lipinski definition) is 0. The molecular weight excluding hydrogens is 449 g/mol. The third kappa shape index (κ3) is 6.75. The fourth-order valence-electron chi connectivity index (χ4n) is 3.29. The number of carbonyl (C=O) groups excluding carboxylic acids is 1. The number of alkyl halides is 3. The molecular formula is C21H23F3N2O5S. The molecule has 0 bridgehead atoms. The largest absolute Gasteiger partial charge is 0.573 e. The molecule has 0 saturated carbocycles. The predicted molar refractivity (Wildman–Crippen MR) is 109 cm³/mol. The minimum Gasteiger partial charge on any atom is -0.406 e. The van der Waals surface area contributed by atoms with Crippen LogP contribution in [0, 0.1) is 6.92 Å². The summed E-state index contributed by atoms with van der Waals surface area (Å²) >= 11 is 0. The van der Waals surface area contributed by atoms with Crippen molar-refractivity contribution in [2.24, 2.45) is 0 Å². The number of nitrogens with zero attached hydrogens (tertiary/aromatic N) is 2. The summed E-state index contributed by atoms with van der Waals surface area (Å²) in [5.74, 6) is -0.582. The van der Waals surface area contributed by atoms with E-state index in [1.807, 2.05) is 19.1 Å². The highest BCUT2D eigenvalue weighted by Gasteiger charge is 2.32. The summed E-state index contributed by atoms with van der Waals surface area (Å²) in [6.45, 7) is 2.17. The smallest absolute Gasteiger partial charge is 0.406 e. The Kier molecular flexibility index (Phi) is 7.52. The first-order chi connectivity index (χ1) is 15.0. The number of Topliss-reactive ketones (excluding diaryl/α,β-unsaturated/α-hetero) is 1. The van der Waals surface area contributed by atoms with Gasteiger partial charge in [0.05, 0.1) is 11.0 Å². The second kappa shape index (κ2) is 9.97. The van der Waals surface area contributed by atoms with Crippen LogP contribution < -0.4 is 4.74 Å². The average Bonchev–Trinajstić information content (AvgIpc) is 2.73. The van der Waals surface area contributed by atoms with Gasteiger partial charge in [0.25, 0.3) is 0 Å². The van der Waals surface area contributed by atoms with E-state index in [4.69, 9.17) is 4.74 Å². The maximum Gasteiger partial charge on any atom is 0.573 e. The number of ether oxygens (including phenoxy) is 2. The number of carbonyl (C=O) groups is 1. The van der Waals surface area contributed by atoms with Crippen LogP contribution in [0.5, 0.6) is 5.75 Å². The Balaban J connectivity index is 1.48. The number of aryl methyl sites for hydroxylation is 1. The summed E-state index contributed by atoms with van der Waals surface area (Å²) in [6, 6.07) is 7.76. The maximum absolute atomic E-state index is 12.7. The molecule has 1 aliphatic heterocycles. The van der Waals surface area contributed by atoms with Gasteiger partial charge >= 0.3 is 6.36 Å². The van der Waals surface area contributed by atoms with Crippen molar-refractivity contribution >= 4 is 15.8 Å². The van der Waals surface area contributed by atoms with E-state index in [0.29, 0.717) is 12.8 Å². The molecule has 0 unspecified atom stereocenters. The highest BCUT2D eigenvalue weighted by atomic mass is 32.2. The van der Waals surface area contributed by atoms with E-state index < -0.39 is 22.1 Å². The first-order valence-corrected chi connectivity index (χ1v) is 11.4. The fourth-order valence-corrected chi connectivity index (χ4v) is 4.76. The lowest BCUT2D eigenvalue weighted by Crippen LogP contribution is -2.41. The second-order valence-electron chi connectivity index (χ2n) is 7.46. The summed E-state index contributed by atoms with van der Waals surface area (Å²) in [4.78, 5) is 16.2. The van der Waals surface area contributed by atoms with Crippen molar-refractivity contribution in [3.63, 3.8) is 0 Å². The lowest BCUT2D eigenvalue weighted by Gasteiger charge is -2.31. The van der Waals surface area contributed by atoms with E-state index in [9.17, 15) is 26.4 Å². The summed E-state index contributed by atoms with van der Waals surface area (Å²) in [5.41, 5.74) is 1.67. The highest BCUT2D eigenvalue weighted by Crippen LogP contribution is 2.26. The van der Waals surface area contributed by atoms with E-state index in [1.54, 1.807) is 6.20 Å².